The summed E-state index contributed by atoms with van der Waals surface area (Å²) in [5, 5.41) is 12.2. The third-order valence-electron chi connectivity index (χ3n) is 4.04. The second kappa shape index (κ2) is 7.30. The molecule has 0 spiro atoms. The first-order valence-corrected chi connectivity index (χ1v) is 7.45. The van der Waals surface area contributed by atoms with E-state index in [0.29, 0.717) is 12.5 Å². The lowest BCUT2D eigenvalue weighted by Crippen LogP contribution is -2.39. The van der Waals surface area contributed by atoms with Crippen LogP contribution < -0.4 is 5.32 Å². The van der Waals surface area contributed by atoms with Gasteiger partial charge in [0.1, 0.15) is 11.6 Å². The molecule has 0 aromatic rings. The predicted molar refractivity (Wildman–Crippen MR) is 75.7 cm³/mol. The third-order valence-corrected chi connectivity index (χ3v) is 4.04. The molecule has 2 fully saturated rings. The number of nitriles is 1. The molecule has 0 saturated carbocycles. The minimum Gasteiger partial charge on any atom is -0.387 e. The van der Waals surface area contributed by atoms with Crippen molar-refractivity contribution in [2.75, 3.05) is 26.2 Å². The van der Waals surface area contributed by atoms with Crippen molar-refractivity contribution in [3.8, 4) is 6.07 Å². The normalized spacial score (nSPS) is 24.5. The molecule has 110 valence electrons. The summed E-state index contributed by atoms with van der Waals surface area (Å²) in [6.07, 6.45) is 5.92. The topological polar surface area (TPSA) is 65.4 Å². The van der Waals surface area contributed by atoms with Gasteiger partial charge in [0.2, 0.25) is 0 Å². The van der Waals surface area contributed by atoms with Gasteiger partial charge in [-0.15, -0.1) is 0 Å². The maximum atomic E-state index is 12.2. The van der Waals surface area contributed by atoms with Crippen LogP contribution >= 0.6 is 0 Å². The quantitative estimate of drug-likeness (QED) is 0.623. The van der Waals surface area contributed by atoms with Crippen LogP contribution in [-0.4, -0.2) is 43.2 Å². The highest BCUT2D eigenvalue weighted by molar-refractivity contribution is 5.97. The Morgan fingerprint density at radius 3 is 2.80 bits per heavy atom. The maximum Gasteiger partial charge on any atom is 0.265 e. The molecule has 0 aliphatic carbocycles. The fourth-order valence-electron chi connectivity index (χ4n) is 2.62. The molecule has 0 aromatic heterocycles. The van der Waals surface area contributed by atoms with E-state index in [-0.39, 0.29) is 17.6 Å². The minimum atomic E-state index is -0.153. The molecule has 1 amide bonds. The van der Waals surface area contributed by atoms with E-state index in [0.717, 1.165) is 45.4 Å². The lowest BCUT2D eigenvalue weighted by atomic mass is 9.99. The third kappa shape index (κ3) is 3.97. The van der Waals surface area contributed by atoms with Crippen LogP contribution in [0.4, 0.5) is 0 Å². The molecule has 2 rings (SSSR count). The Labute approximate surface area is 120 Å². The fourth-order valence-corrected chi connectivity index (χ4v) is 2.62. The molecule has 0 bridgehead atoms. The molecule has 1 atom stereocenters. The summed E-state index contributed by atoms with van der Waals surface area (Å²) < 4.78 is 5.49. The summed E-state index contributed by atoms with van der Waals surface area (Å²) in [7, 11) is 0. The predicted octanol–water partition coefficient (Wildman–Crippen LogP) is 1.42. The second-order valence-electron chi connectivity index (χ2n) is 5.69. The van der Waals surface area contributed by atoms with Gasteiger partial charge in [-0.3, -0.25) is 4.79 Å². The van der Waals surface area contributed by atoms with E-state index in [1.807, 2.05) is 6.07 Å². The van der Waals surface area contributed by atoms with E-state index in [9.17, 15) is 4.79 Å². The number of nitrogens with zero attached hydrogens (tertiary/aromatic N) is 2. The number of amides is 1. The zero-order valence-corrected chi connectivity index (χ0v) is 12.1. The highest BCUT2D eigenvalue weighted by Crippen LogP contribution is 2.17. The Morgan fingerprint density at radius 2 is 2.20 bits per heavy atom. The molecule has 0 radical (unpaired) electrons. The van der Waals surface area contributed by atoms with Crippen LogP contribution in [0.5, 0.6) is 0 Å². The highest BCUT2D eigenvalue weighted by Gasteiger charge is 2.23. The van der Waals surface area contributed by atoms with E-state index in [1.54, 1.807) is 11.1 Å². The molecule has 2 saturated heterocycles. The summed E-state index contributed by atoms with van der Waals surface area (Å²) in [5.74, 6) is 0.519. The fraction of sp³-hybridized carbons (Fsp3) is 0.733. The van der Waals surface area contributed by atoms with Crippen molar-refractivity contribution in [2.45, 2.75) is 38.7 Å². The van der Waals surface area contributed by atoms with Crippen LogP contribution in [0.1, 0.15) is 32.6 Å². The molecule has 2 aliphatic heterocycles. The van der Waals surface area contributed by atoms with Gasteiger partial charge < -0.3 is 15.0 Å². The first kappa shape index (κ1) is 14.9. The van der Waals surface area contributed by atoms with Gasteiger partial charge in [-0.2, -0.15) is 5.26 Å². The van der Waals surface area contributed by atoms with E-state index < -0.39 is 0 Å². The molecule has 5 heteroatoms. The van der Waals surface area contributed by atoms with Crippen LogP contribution in [-0.2, 0) is 9.53 Å². The molecule has 2 aliphatic rings. The summed E-state index contributed by atoms with van der Waals surface area (Å²) in [6, 6.07) is 2.00. The van der Waals surface area contributed by atoms with Gasteiger partial charge in [0.25, 0.3) is 5.91 Å². The van der Waals surface area contributed by atoms with Crippen molar-refractivity contribution >= 4 is 5.91 Å². The van der Waals surface area contributed by atoms with E-state index in [2.05, 4.69) is 12.2 Å². The summed E-state index contributed by atoms with van der Waals surface area (Å²) >= 11 is 0. The van der Waals surface area contributed by atoms with Gasteiger partial charge in [-0.25, -0.2) is 0 Å². The first-order chi connectivity index (χ1) is 9.70. The van der Waals surface area contributed by atoms with Crippen LogP contribution in [0, 0.1) is 17.2 Å². The molecule has 20 heavy (non-hydrogen) atoms. The van der Waals surface area contributed by atoms with Gasteiger partial charge >= 0.3 is 0 Å². The number of carbonyl (C=O) groups is 1. The van der Waals surface area contributed by atoms with Crippen LogP contribution in [0.15, 0.2) is 11.8 Å². The molecular formula is C15H23N3O2. The molecule has 5 nitrogen and oxygen atoms in total. The zero-order chi connectivity index (χ0) is 14.4. The van der Waals surface area contributed by atoms with Crippen molar-refractivity contribution in [3.63, 3.8) is 0 Å². The number of hydrogen-bond donors (Lipinski definition) is 1. The van der Waals surface area contributed by atoms with Crippen molar-refractivity contribution < 1.29 is 9.53 Å². The second-order valence-corrected chi connectivity index (χ2v) is 5.69. The number of rotatable bonds is 4. The molecule has 1 N–H and O–H groups in total. The van der Waals surface area contributed by atoms with Crippen molar-refractivity contribution in [2.24, 2.45) is 5.92 Å². The van der Waals surface area contributed by atoms with Crippen LogP contribution in [0.25, 0.3) is 0 Å². The van der Waals surface area contributed by atoms with Crippen molar-refractivity contribution in [1.29, 1.82) is 5.26 Å². The standard InChI is InChI=1S/C15H23N3O2/c1-12-4-6-18(7-5-12)15(19)13(9-16)10-17-11-14-3-2-8-20-14/h10,12,14,17H,2-8,11H2,1H3/b13-10-. The lowest BCUT2D eigenvalue weighted by Gasteiger charge is -2.30. The molecule has 2 heterocycles. The molecule has 0 aromatic carbocycles. The average Bonchev–Trinajstić information content (AvgIpc) is 2.97. The number of piperidine rings is 1. The first-order valence-electron chi connectivity index (χ1n) is 7.45. The Kier molecular flexibility index (Phi) is 5.42. The van der Waals surface area contributed by atoms with Crippen molar-refractivity contribution in [1.82, 2.24) is 10.2 Å². The number of likely N-dealkylation sites (tertiary alicyclic amines) is 1. The van der Waals surface area contributed by atoms with E-state index in [4.69, 9.17) is 10.00 Å². The largest absolute Gasteiger partial charge is 0.387 e. The number of carbonyl (C=O) groups excluding carboxylic acids is 1. The highest BCUT2D eigenvalue weighted by atomic mass is 16.5. The lowest BCUT2D eigenvalue weighted by molar-refractivity contribution is -0.128. The number of ether oxygens (including phenoxy) is 1. The minimum absolute atomic E-state index is 0.153. The Balaban J connectivity index is 1.83. The van der Waals surface area contributed by atoms with Crippen molar-refractivity contribution in [3.05, 3.63) is 11.8 Å². The van der Waals surface area contributed by atoms with E-state index in [1.165, 1.54) is 0 Å². The Hall–Kier alpha value is -1.54. The van der Waals surface area contributed by atoms with Crippen LogP contribution in [0.2, 0.25) is 0 Å². The molecular weight excluding hydrogens is 254 g/mol. The SMILES string of the molecule is CC1CCN(C(=O)/C(C#N)=C\NCC2CCCO2)CC1. The summed E-state index contributed by atoms with van der Waals surface area (Å²) in [6.45, 7) is 5.18. The zero-order valence-electron chi connectivity index (χ0n) is 12.1. The number of nitrogens with one attached hydrogen (secondary N) is 1. The smallest absolute Gasteiger partial charge is 0.265 e. The van der Waals surface area contributed by atoms with Gasteiger partial charge in [0, 0.05) is 32.4 Å². The monoisotopic (exact) mass is 277 g/mol. The van der Waals surface area contributed by atoms with Crippen LogP contribution in [0.3, 0.4) is 0 Å². The number of hydrogen-bond acceptors (Lipinski definition) is 4. The van der Waals surface area contributed by atoms with Gasteiger partial charge in [0.05, 0.1) is 6.10 Å². The van der Waals surface area contributed by atoms with Gasteiger partial charge in [-0.1, -0.05) is 6.92 Å². The summed E-state index contributed by atoms with van der Waals surface area (Å²) in [5.41, 5.74) is 0.192. The Bertz CT molecular complexity index is 400. The average molecular weight is 277 g/mol. The molecule has 1 unspecified atom stereocenters. The van der Waals surface area contributed by atoms with Gasteiger partial charge in [-0.05, 0) is 31.6 Å². The maximum absolute atomic E-state index is 12.2. The van der Waals surface area contributed by atoms with Gasteiger partial charge in [0.15, 0.2) is 0 Å². The van der Waals surface area contributed by atoms with E-state index >= 15 is 0 Å². The summed E-state index contributed by atoms with van der Waals surface area (Å²) in [4.78, 5) is 14.0. The Morgan fingerprint density at radius 1 is 1.45 bits per heavy atom.